The Labute approximate surface area is 56.7 Å². The predicted octanol–water partition coefficient (Wildman–Crippen LogP) is -0.173. The molecule has 0 saturated heterocycles. The molecule has 0 aromatic heterocycles. The van der Waals surface area contributed by atoms with Crippen molar-refractivity contribution < 1.29 is 14.7 Å². The summed E-state index contributed by atoms with van der Waals surface area (Å²) in [5.41, 5.74) is 0. The van der Waals surface area contributed by atoms with E-state index in [-0.39, 0.29) is 0 Å². The quantitative estimate of drug-likeness (QED) is 0.0960. The third-order valence-corrected chi connectivity index (χ3v) is 0.535. The average Bonchev–Trinajstić information content (AvgIpc) is 1.91. The van der Waals surface area contributed by atoms with Crippen molar-refractivity contribution in [2.45, 2.75) is 0 Å². The Hall–Kier alpha value is -2.01. The number of ether oxygens (including phenoxy) is 1. The molecule has 0 heterocycles. The molecular weight excluding hydrogens is 136 g/mol. The molecule has 0 unspecified atom stereocenters. The van der Waals surface area contributed by atoms with E-state index in [1.165, 1.54) is 6.11 Å². The highest BCUT2D eigenvalue weighted by molar-refractivity contribution is 6.39. The maximum atomic E-state index is 10.3. The number of terminal acetylenes is 1. The average molecular weight is 138 g/mol. The largest absolute Gasteiger partial charge is 0.399 e. The normalized spacial score (nSPS) is 9.20. The molecule has 0 amide bonds. The second kappa shape index (κ2) is 3.93. The zero-order valence-corrected chi connectivity index (χ0v) is 4.74. The van der Waals surface area contributed by atoms with Crippen LogP contribution in [0.1, 0.15) is 0 Å². The Kier molecular flexibility index (Phi) is 3.14. The van der Waals surface area contributed by atoms with Gasteiger partial charge in [0.1, 0.15) is 6.11 Å². The van der Waals surface area contributed by atoms with Gasteiger partial charge in [-0.25, -0.2) is 0 Å². The second-order valence-corrected chi connectivity index (χ2v) is 1.04. The Morgan fingerprint density at radius 1 is 1.90 bits per heavy atom. The number of hydrogen-bond acceptors (Lipinski definition) is 4. The molecule has 0 aliphatic rings. The molecule has 0 aromatic rings. The van der Waals surface area contributed by atoms with Crippen molar-refractivity contribution in [3.63, 3.8) is 0 Å². The van der Waals surface area contributed by atoms with E-state index in [1.807, 2.05) is 0 Å². The van der Waals surface area contributed by atoms with Crippen molar-refractivity contribution in [1.82, 2.24) is 0 Å². The van der Waals surface area contributed by atoms with Gasteiger partial charge in [0, 0.05) is 0 Å². The first-order valence-electron chi connectivity index (χ1n) is 2.02. The van der Waals surface area contributed by atoms with Gasteiger partial charge >= 0.3 is 11.8 Å². The fourth-order valence-electron chi connectivity index (χ4n) is 0.208. The van der Waals surface area contributed by atoms with Gasteiger partial charge in [0.2, 0.25) is 0 Å². The molecule has 0 aliphatic carbocycles. The minimum Gasteiger partial charge on any atom is -0.376 e. The van der Waals surface area contributed by atoms with Crippen molar-refractivity contribution in [2.24, 2.45) is 5.16 Å². The molecule has 50 valence electrons. The van der Waals surface area contributed by atoms with Crippen LogP contribution in [0.5, 0.6) is 0 Å². The Bertz CT molecular complexity index is 243. The lowest BCUT2D eigenvalue weighted by molar-refractivity contribution is -0.129. The summed E-state index contributed by atoms with van der Waals surface area (Å²) in [4.78, 5) is 12.8. The topological polar surface area (TPSA) is 63.2 Å². The summed E-state index contributed by atoms with van der Waals surface area (Å²) in [7, 11) is 0. The summed E-state index contributed by atoms with van der Waals surface area (Å²) in [6.07, 6.45) is 6.08. The van der Waals surface area contributed by atoms with E-state index in [0.717, 1.165) is 0 Å². The van der Waals surface area contributed by atoms with Gasteiger partial charge in [-0.05, 0) is 0 Å². The smallest absolute Gasteiger partial charge is 0.376 e. The number of amidine groups is 1. The van der Waals surface area contributed by atoms with Crippen LogP contribution in [0.2, 0.25) is 0 Å². The monoisotopic (exact) mass is 138 g/mol. The van der Waals surface area contributed by atoms with E-state index < -0.39 is 11.8 Å². The number of oxime groups is 1. The molecule has 5 nitrogen and oxygen atoms in total. The van der Waals surface area contributed by atoms with Crippen LogP contribution >= 0.6 is 0 Å². The number of hydrogen-bond donors (Lipinski definition) is 1. The zero-order chi connectivity index (χ0) is 7.98. The van der Waals surface area contributed by atoms with Crippen LogP contribution < -0.4 is 0 Å². The minimum atomic E-state index is -1.14. The van der Waals surface area contributed by atoms with Crippen molar-refractivity contribution in [3.05, 3.63) is 11.4 Å². The maximum absolute atomic E-state index is 10.3. The Morgan fingerprint density at radius 2 is 2.50 bits per heavy atom. The van der Waals surface area contributed by atoms with Gasteiger partial charge in [-0.1, -0.05) is 13.0 Å². The summed E-state index contributed by atoms with van der Waals surface area (Å²) < 4.78 is 3.87. The molecule has 0 radical (unpaired) electrons. The van der Waals surface area contributed by atoms with Crippen molar-refractivity contribution in [2.75, 3.05) is 0 Å². The molecule has 0 rings (SSSR count). The van der Waals surface area contributed by atoms with Crippen LogP contribution in [-0.4, -0.2) is 17.0 Å². The zero-order valence-electron chi connectivity index (χ0n) is 4.74. The van der Waals surface area contributed by atoms with Gasteiger partial charge in [-0.3, -0.25) is 4.79 Å². The highest BCUT2D eigenvalue weighted by Crippen LogP contribution is 1.83. The Morgan fingerprint density at radius 3 is 2.80 bits per heavy atom. The summed E-state index contributed by atoms with van der Waals surface area (Å²) >= 11 is 0. The van der Waals surface area contributed by atoms with E-state index in [1.54, 1.807) is 0 Å². The SMILES string of the molecule is [C-]#[N+]/C(=N/O)C(=O)OC#C. The molecule has 0 atom stereocenters. The third-order valence-electron chi connectivity index (χ3n) is 0.535. The van der Waals surface area contributed by atoms with E-state index in [0.29, 0.717) is 0 Å². The number of carbonyl (C=O) groups excluding carboxylic acids is 1. The van der Waals surface area contributed by atoms with Crippen molar-refractivity contribution >= 4 is 11.8 Å². The molecule has 0 spiro atoms. The summed E-state index contributed by atoms with van der Waals surface area (Å²) in [5.74, 6) is -1.93. The number of nitrogens with zero attached hydrogens (tertiary/aromatic N) is 2. The van der Waals surface area contributed by atoms with Crippen LogP contribution in [0.25, 0.3) is 4.85 Å². The predicted molar refractivity (Wildman–Crippen MR) is 30.7 cm³/mol. The van der Waals surface area contributed by atoms with E-state index in [2.05, 4.69) is 21.2 Å². The lowest BCUT2D eigenvalue weighted by Crippen LogP contribution is -2.10. The van der Waals surface area contributed by atoms with E-state index >= 15 is 0 Å². The highest BCUT2D eigenvalue weighted by Gasteiger charge is 2.12. The number of carbonyl (C=O) groups is 1. The number of esters is 1. The summed E-state index contributed by atoms with van der Waals surface area (Å²) in [6, 6.07) is 0. The van der Waals surface area contributed by atoms with Crippen LogP contribution in [0.4, 0.5) is 0 Å². The first-order chi connectivity index (χ1) is 4.76. The molecule has 1 N–H and O–H groups in total. The van der Waals surface area contributed by atoms with E-state index in [4.69, 9.17) is 11.8 Å². The molecule has 0 aliphatic heterocycles. The number of rotatable bonds is 0. The standard InChI is InChI=1S/C5H2N2O3/c1-3-10-5(8)4(6-2)7-9/h1,9H/b7-4+. The fraction of sp³-hybridized carbons (Fsp3) is 0. The van der Waals surface area contributed by atoms with Crippen LogP contribution in [0, 0.1) is 19.1 Å². The van der Waals surface area contributed by atoms with Gasteiger partial charge in [-0.15, -0.1) is 0 Å². The lowest BCUT2D eigenvalue weighted by atomic mass is 10.6. The van der Waals surface area contributed by atoms with Crippen molar-refractivity contribution in [1.29, 1.82) is 0 Å². The first kappa shape index (κ1) is 7.99. The molecule has 0 saturated carbocycles. The maximum Gasteiger partial charge on any atom is 0.399 e. The van der Waals surface area contributed by atoms with Crippen LogP contribution in [-0.2, 0) is 9.53 Å². The molecule has 0 bridgehead atoms. The van der Waals surface area contributed by atoms with Crippen LogP contribution in [0.15, 0.2) is 5.16 Å². The van der Waals surface area contributed by atoms with Gasteiger partial charge in [0.15, 0.2) is 0 Å². The second-order valence-electron chi connectivity index (χ2n) is 1.04. The van der Waals surface area contributed by atoms with Gasteiger partial charge < -0.3 is 14.8 Å². The van der Waals surface area contributed by atoms with Crippen LogP contribution in [0.3, 0.4) is 0 Å². The molecule has 10 heavy (non-hydrogen) atoms. The lowest BCUT2D eigenvalue weighted by Gasteiger charge is -1.87. The first-order valence-corrected chi connectivity index (χ1v) is 2.02. The Balaban J connectivity index is 4.26. The van der Waals surface area contributed by atoms with Gasteiger partial charge in [0.05, 0.1) is 5.16 Å². The summed E-state index contributed by atoms with van der Waals surface area (Å²) in [6.45, 7) is 6.23. The third kappa shape index (κ3) is 1.85. The van der Waals surface area contributed by atoms with Gasteiger partial charge in [-0.2, -0.15) is 0 Å². The van der Waals surface area contributed by atoms with Gasteiger partial charge in [0.25, 0.3) is 0 Å². The molecule has 5 heteroatoms. The van der Waals surface area contributed by atoms with Crippen molar-refractivity contribution in [3.8, 4) is 12.5 Å². The minimum absolute atomic E-state index is 0.794. The fourth-order valence-corrected chi connectivity index (χ4v) is 0.208. The molecular formula is C5H2N2O3. The highest BCUT2D eigenvalue weighted by atomic mass is 16.5. The van der Waals surface area contributed by atoms with E-state index in [9.17, 15) is 4.79 Å². The summed E-state index contributed by atoms with van der Waals surface area (Å²) in [5, 5.41) is 10.2. The molecule has 0 aromatic carbocycles. The molecule has 0 fully saturated rings.